The van der Waals surface area contributed by atoms with Gasteiger partial charge in [-0.3, -0.25) is 4.98 Å². The van der Waals surface area contributed by atoms with Crippen molar-refractivity contribution in [2.75, 3.05) is 18.0 Å². The van der Waals surface area contributed by atoms with Crippen LogP contribution in [0.25, 0.3) is 10.7 Å². The molecule has 2 atom stereocenters. The van der Waals surface area contributed by atoms with E-state index in [1.54, 1.807) is 18.3 Å². The smallest absolute Gasteiger partial charge is 0.208 e. The third-order valence-corrected chi connectivity index (χ3v) is 5.08. The van der Waals surface area contributed by atoms with Crippen LogP contribution in [0.3, 0.4) is 0 Å². The average molecular weight is 356 g/mol. The highest BCUT2D eigenvalue weighted by atomic mass is 32.1. The summed E-state index contributed by atoms with van der Waals surface area (Å²) in [7, 11) is 0. The molecule has 3 heterocycles. The van der Waals surface area contributed by atoms with E-state index < -0.39 is 0 Å². The molecule has 0 N–H and O–H groups in total. The number of benzene rings is 1. The van der Waals surface area contributed by atoms with Crippen molar-refractivity contribution >= 4 is 16.5 Å². The summed E-state index contributed by atoms with van der Waals surface area (Å²) in [6.45, 7) is 3.44. The number of ether oxygens (including phenoxy) is 1. The fourth-order valence-corrected chi connectivity index (χ4v) is 3.74. The minimum atomic E-state index is -0.242. The van der Waals surface area contributed by atoms with Crippen LogP contribution in [0.4, 0.5) is 9.52 Å². The molecule has 4 rings (SSSR count). The van der Waals surface area contributed by atoms with Crippen LogP contribution in [-0.4, -0.2) is 34.4 Å². The van der Waals surface area contributed by atoms with Crippen molar-refractivity contribution in [3.8, 4) is 10.7 Å². The molecule has 0 aliphatic carbocycles. The van der Waals surface area contributed by atoms with Gasteiger partial charge in [0, 0.05) is 12.7 Å². The van der Waals surface area contributed by atoms with Crippen molar-refractivity contribution in [3.05, 3.63) is 60.0 Å². The van der Waals surface area contributed by atoms with Gasteiger partial charge in [0.1, 0.15) is 17.6 Å². The molecule has 1 aliphatic rings. The normalized spacial score (nSPS) is 20.6. The Morgan fingerprint density at radius 1 is 1.12 bits per heavy atom. The van der Waals surface area contributed by atoms with Crippen molar-refractivity contribution in [1.29, 1.82) is 0 Å². The fraction of sp³-hybridized carbons (Fsp3) is 0.278. The lowest BCUT2D eigenvalue weighted by atomic mass is 10.1. The van der Waals surface area contributed by atoms with Gasteiger partial charge in [-0.2, -0.15) is 0 Å². The first kappa shape index (κ1) is 16.1. The molecule has 1 fully saturated rings. The number of hydrogen-bond acceptors (Lipinski definition) is 6. The van der Waals surface area contributed by atoms with E-state index in [9.17, 15) is 4.39 Å². The van der Waals surface area contributed by atoms with Crippen LogP contribution in [0, 0.1) is 5.82 Å². The predicted octanol–water partition coefficient (Wildman–Crippen LogP) is 3.71. The highest BCUT2D eigenvalue weighted by Gasteiger charge is 2.28. The molecule has 2 aromatic heterocycles. The zero-order chi connectivity index (χ0) is 17.2. The molecule has 3 aromatic rings. The molecule has 25 heavy (non-hydrogen) atoms. The van der Waals surface area contributed by atoms with Gasteiger partial charge in [0.2, 0.25) is 5.13 Å². The van der Waals surface area contributed by atoms with Crippen molar-refractivity contribution in [2.45, 2.75) is 19.1 Å². The van der Waals surface area contributed by atoms with E-state index >= 15 is 0 Å². The van der Waals surface area contributed by atoms with Crippen molar-refractivity contribution in [3.63, 3.8) is 0 Å². The summed E-state index contributed by atoms with van der Waals surface area (Å²) < 4.78 is 19.2. The van der Waals surface area contributed by atoms with E-state index in [0.717, 1.165) is 27.9 Å². The van der Waals surface area contributed by atoms with Gasteiger partial charge in [0.15, 0.2) is 5.01 Å². The van der Waals surface area contributed by atoms with Gasteiger partial charge in [-0.15, -0.1) is 10.2 Å². The maximum atomic E-state index is 13.2. The maximum Gasteiger partial charge on any atom is 0.208 e. The van der Waals surface area contributed by atoms with E-state index in [1.165, 1.54) is 23.5 Å². The molecule has 128 valence electrons. The second-order valence-electron chi connectivity index (χ2n) is 6.00. The van der Waals surface area contributed by atoms with Gasteiger partial charge >= 0.3 is 0 Å². The Morgan fingerprint density at radius 2 is 1.96 bits per heavy atom. The Morgan fingerprint density at radius 3 is 2.72 bits per heavy atom. The maximum absolute atomic E-state index is 13.2. The summed E-state index contributed by atoms with van der Waals surface area (Å²) in [6.07, 6.45) is 1.68. The molecule has 0 spiro atoms. The number of pyridine rings is 1. The van der Waals surface area contributed by atoms with E-state index in [4.69, 9.17) is 4.74 Å². The van der Waals surface area contributed by atoms with Crippen LogP contribution in [0.15, 0.2) is 48.7 Å². The fourth-order valence-electron chi connectivity index (χ4n) is 2.91. The number of morpholine rings is 1. The second kappa shape index (κ2) is 6.85. The molecular weight excluding hydrogens is 339 g/mol. The highest BCUT2D eigenvalue weighted by Crippen LogP contribution is 2.32. The molecule has 1 saturated heterocycles. The van der Waals surface area contributed by atoms with Crippen LogP contribution in [0.2, 0.25) is 0 Å². The molecular formula is C18H17FN4OS. The molecule has 0 unspecified atom stereocenters. The largest absolute Gasteiger partial charge is 0.367 e. The number of hydrogen-bond donors (Lipinski definition) is 0. The predicted molar refractivity (Wildman–Crippen MR) is 95.0 cm³/mol. The second-order valence-corrected chi connectivity index (χ2v) is 6.95. The summed E-state index contributed by atoms with van der Waals surface area (Å²) in [5.74, 6) is -0.242. The molecule has 5 nitrogen and oxygen atoms in total. The van der Waals surface area contributed by atoms with Gasteiger partial charge in [-0.1, -0.05) is 29.5 Å². The third-order valence-electron chi connectivity index (χ3n) is 4.07. The quantitative estimate of drug-likeness (QED) is 0.716. The molecule has 0 amide bonds. The zero-order valence-corrected chi connectivity index (χ0v) is 14.5. The minimum absolute atomic E-state index is 0.0472. The highest BCUT2D eigenvalue weighted by molar-refractivity contribution is 7.18. The van der Waals surface area contributed by atoms with Gasteiger partial charge < -0.3 is 9.64 Å². The first-order valence-corrected chi connectivity index (χ1v) is 8.91. The average Bonchev–Trinajstić information content (AvgIpc) is 3.13. The monoisotopic (exact) mass is 356 g/mol. The molecule has 0 saturated carbocycles. The van der Waals surface area contributed by atoms with Crippen LogP contribution in [-0.2, 0) is 4.74 Å². The Hall–Kier alpha value is -2.38. The Bertz CT molecular complexity index is 840. The summed E-state index contributed by atoms with van der Waals surface area (Å²) in [6, 6.07) is 12.2. The van der Waals surface area contributed by atoms with Crippen molar-refractivity contribution in [1.82, 2.24) is 15.2 Å². The zero-order valence-electron chi connectivity index (χ0n) is 13.7. The topological polar surface area (TPSA) is 51.1 Å². The summed E-state index contributed by atoms with van der Waals surface area (Å²) in [4.78, 5) is 6.50. The van der Waals surface area contributed by atoms with Crippen LogP contribution < -0.4 is 4.90 Å². The lowest BCUT2D eigenvalue weighted by molar-refractivity contribution is -0.0174. The Balaban J connectivity index is 1.56. The van der Waals surface area contributed by atoms with E-state index in [0.29, 0.717) is 6.54 Å². The van der Waals surface area contributed by atoms with E-state index in [2.05, 4.69) is 20.1 Å². The Labute approximate surface area is 149 Å². The SMILES string of the molecule is C[C@H]1CN(c2nnc(-c3ccccn3)s2)C[C@@H](c2ccc(F)cc2)O1. The molecule has 1 aromatic carbocycles. The van der Waals surface area contributed by atoms with E-state index in [1.807, 2.05) is 25.1 Å². The van der Waals surface area contributed by atoms with Crippen LogP contribution in [0.5, 0.6) is 0 Å². The standard InChI is InChI=1S/C18H17FN4OS/c1-12-10-23(11-16(24-12)13-5-7-14(19)8-6-13)18-22-21-17(25-18)15-4-2-3-9-20-15/h2-9,12,16H,10-11H2,1H3/t12-,16-/m0/s1. The minimum Gasteiger partial charge on any atom is -0.367 e. The third kappa shape index (κ3) is 3.52. The molecule has 0 bridgehead atoms. The summed E-state index contributed by atoms with van der Waals surface area (Å²) in [5, 5.41) is 10.3. The molecule has 1 aliphatic heterocycles. The first-order chi connectivity index (χ1) is 12.2. The molecule has 0 radical (unpaired) electrons. The number of anilines is 1. The first-order valence-electron chi connectivity index (χ1n) is 8.10. The van der Waals surface area contributed by atoms with E-state index in [-0.39, 0.29) is 18.0 Å². The number of aromatic nitrogens is 3. The van der Waals surface area contributed by atoms with Crippen molar-refractivity contribution in [2.24, 2.45) is 0 Å². The lowest BCUT2D eigenvalue weighted by Crippen LogP contribution is -2.42. The van der Waals surface area contributed by atoms with Gasteiger partial charge in [0.05, 0.1) is 12.6 Å². The van der Waals surface area contributed by atoms with Gasteiger partial charge in [-0.05, 0) is 36.8 Å². The van der Waals surface area contributed by atoms with Gasteiger partial charge in [0.25, 0.3) is 0 Å². The van der Waals surface area contributed by atoms with Crippen LogP contribution >= 0.6 is 11.3 Å². The summed E-state index contributed by atoms with van der Waals surface area (Å²) in [5.41, 5.74) is 1.79. The number of rotatable bonds is 3. The van der Waals surface area contributed by atoms with Crippen LogP contribution in [0.1, 0.15) is 18.6 Å². The van der Waals surface area contributed by atoms with Crippen molar-refractivity contribution < 1.29 is 9.13 Å². The Kier molecular flexibility index (Phi) is 4.42. The molecule has 7 heteroatoms. The lowest BCUT2D eigenvalue weighted by Gasteiger charge is -2.36. The summed E-state index contributed by atoms with van der Waals surface area (Å²) >= 11 is 1.52. The number of nitrogens with zero attached hydrogens (tertiary/aromatic N) is 4. The number of halogens is 1. The van der Waals surface area contributed by atoms with Gasteiger partial charge in [-0.25, -0.2) is 4.39 Å².